The Bertz CT molecular complexity index is 302. The van der Waals surface area contributed by atoms with E-state index in [1.54, 1.807) is 0 Å². The number of hydrogen-bond donors (Lipinski definition) is 2. The lowest BCUT2D eigenvalue weighted by atomic mass is 10.3. The van der Waals surface area contributed by atoms with E-state index in [4.69, 9.17) is 5.11 Å². The van der Waals surface area contributed by atoms with Crippen molar-refractivity contribution in [3.8, 4) is 5.75 Å². The molecule has 0 radical (unpaired) electrons. The normalized spacial score (nSPS) is 9.20. The third-order valence-corrected chi connectivity index (χ3v) is 1.09. The van der Waals surface area contributed by atoms with Gasteiger partial charge >= 0.3 is 0 Å². The third-order valence-electron chi connectivity index (χ3n) is 1.09. The number of aromatic amines is 1. The fourth-order valence-electron chi connectivity index (χ4n) is 0.581. The number of pyridine rings is 1. The van der Waals surface area contributed by atoms with Gasteiger partial charge in [-0.1, -0.05) is 0 Å². The number of aldehydes is 1. The van der Waals surface area contributed by atoms with Crippen LogP contribution in [0.25, 0.3) is 0 Å². The second-order valence-electron chi connectivity index (χ2n) is 1.73. The lowest BCUT2D eigenvalue weighted by Crippen LogP contribution is -2.05. The minimum Gasteiger partial charge on any atom is -0.503 e. The van der Waals surface area contributed by atoms with E-state index in [9.17, 15) is 9.59 Å². The number of nitrogens with one attached hydrogen (secondary N) is 1. The second kappa shape index (κ2) is 2.34. The Morgan fingerprint density at radius 1 is 1.60 bits per heavy atom. The maximum atomic E-state index is 10.5. The van der Waals surface area contributed by atoms with E-state index in [0.29, 0.717) is 6.29 Å². The fourth-order valence-corrected chi connectivity index (χ4v) is 0.581. The number of H-pyrrole nitrogens is 1. The molecular weight excluding hydrogens is 134 g/mol. The zero-order chi connectivity index (χ0) is 7.56. The zero-order valence-electron chi connectivity index (χ0n) is 5.00. The minimum absolute atomic E-state index is 0.00347. The molecule has 0 aliphatic carbocycles. The second-order valence-corrected chi connectivity index (χ2v) is 1.73. The van der Waals surface area contributed by atoms with Gasteiger partial charge in [0, 0.05) is 6.20 Å². The van der Waals surface area contributed by atoms with Crippen molar-refractivity contribution in [2.24, 2.45) is 0 Å². The van der Waals surface area contributed by atoms with Gasteiger partial charge in [0.2, 0.25) is 0 Å². The molecular formula is C6H5NO3. The SMILES string of the molecule is O=Cc1cc[nH]c(=O)c1O. The van der Waals surface area contributed by atoms with Gasteiger partial charge in [0.15, 0.2) is 12.0 Å². The molecule has 10 heavy (non-hydrogen) atoms. The van der Waals surface area contributed by atoms with Crippen LogP contribution in [-0.4, -0.2) is 16.4 Å². The van der Waals surface area contributed by atoms with E-state index in [1.807, 2.05) is 0 Å². The molecule has 0 unspecified atom stereocenters. The van der Waals surface area contributed by atoms with Crippen LogP contribution in [0.4, 0.5) is 0 Å². The fraction of sp³-hybridized carbons (Fsp3) is 0. The zero-order valence-corrected chi connectivity index (χ0v) is 5.00. The van der Waals surface area contributed by atoms with Gasteiger partial charge in [-0.2, -0.15) is 0 Å². The summed E-state index contributed by atoms with van der Waals surface area (Å²) in [6, 6.07) is 1.32. The molecule has 0 saturated carbocycles. The molecule has 0 fully saturated rings. The summed E-state index contributed by atoms with van der Waals surface area (Å²) in [4.78, 5) is 22.8. The summed E-state index contributed by atoms with van der Waals surface area (Å²) in [5.74, 6) is -0.530. The lowest BCUT2D eigenvalue weighted by molar-refractivity contribution is 0.112. The largest absolute Gasteiger partial charge is 0.503 e. The van der Waals surface area contributed by atoms with Gasteiger partial charge in [-0.3, -0.25) is 9.59 Å². The first kappa shape index (κ1) is 6.54. The first-order valence-corrected chi connectivity index (χ1v) is 2.61. The number of carbonyl (C=O) groups excluding carboxylic acids is 1. The van der Waals surface area contributed by atoms with Gasteiger partial charge in [0.05, 0.1) is 5.56 Å². The van der Waals surface area contributed by atoms with E-state index < -0.39 is 11.3 Å². The molecule has 52 valence electrons. The molecule has 4 heteroatoms. The molecule has 0 atom stereocenters. The van der Waals surface area contributed by atoms with E-state index in [0.717, 1.165) is 0 Å². The molecule has 1 aromatic rings. The van der Waals surface area contributed by atoms with Crippen molar-refractivity contribution in [3.05, 3.63) is 28.2 Å². The van der Waals surface area contributed by atoms with Crippen LogP contribution >= 0.6 is 0 Å². The Labute approximate surface area is 56.1 Å². The highest BCUT2D eigenvalue weighted by Gasteiger charge is 2.00. The molecule has 2 N–H and O–H groups in total. The van der Waals surface area contributed by atoms with Gasteiger partial charge in [-0.05, 0) is 6.07 Å². The van der Waals surface area contributed by atoms with Gasteiger partial charge in [-0.25, -0.2) is 0 Å². The number of rotatable bonds is 1. The van der Waals surface area contributed by atoms with Crippen molar-refractivity contribution in [2.75, 3.05) is 0 Å². The molecule has 1 aromatic heterocycles. The smallest absolute Gasteiger partial charge is 0.290 e. The number of carbonyl (C=O) groups is 1. The Morgan fingerprint density at radius 2 is 2.30 bits per heavy atom. The van der Waals surface area contributed by atoms with Crippen molar-refractivity contribution in [2.45, 2.75) is 0 Å². The van der Waals surface area contributed by atoms with Crippen LogP contribution in [0.3, 0.4) is 0 Å². The Balaban J connectivity index is 3.41. The van der Waals surface area contributed by atoms with Crippen molar-refractivity contribution < 1.29 is 9.90 Å². The Kier molecular flexibility index (Phi) is 1.53. The van der Waals surface area contributed by atoms with Crippen LogP contribution in [0, 0.1) is 0 Å². The van der Waals surface area contributed by atoms with E-state index in [1.165, 1.54) is 12.3 Å². The monoisotopic (exact) mass is 139 g/mol. The highest BCUT2D eigenvalue weighted by Crippen LogP contribution is 2.04. The molecule has 0 aromatic carbocycles. The van der Waals surface area contributed by atoms with Crippen molar-refractivity contribution in [1.29, 1.82) is 0 Å². The third kappa shape index (κ3) is 0.907. The molecule has 1 heterocycles. The first-order valence-electron chi connectivity index (χ1n) is 2.61. The van der Waals surface area contributed by atoms with Crippen LogP contribution in [0.1, 0.15) is 10.4 Å². The highest BCUT2D eigenvalue weighted by molar-refractivity contribution is 5.78. The summed E-state index contributed by atoms with van der Waals surface area (Å²) in [7, 11) is 0. The van der Waals surface area contributed by atoms with Crippen LogP contribution in [0.15, 0.2) is 17.1 Å². The van der Waals surface area contributed by atoms with Crippen molar-refractivity contribution in [1.82, 2.24) is 4.98 Å². The molecule has 0 aliphatic rings. The predicted molar refractivity (Wildman–Crippen MR) is 34.1 cm³/mol. The van der Waals surface area contributed by atoms with E-state index in [2.05, 4.69) is 4.98 Å². The Hall–Kier alpha value is -1.58. The molecule has 0 amide bonds. The molecule has 1 rings (SSSR count). The molecule has 0 bridgehead atoms. The molecule has 0 spiro atoms. The topological polar surface area (TPSA) is 70.2 Å². The van der Waals surface area contributed by atoms with Crippen molar-refractivity contribution >= 4 is 6.29 Å². The number of hydrogen-bond acceptors (Lipinski definition) is 3. The maximum absolute atomic E-state index is 10.5. The average Bonchev–Trinajstić information content (AvgIpc) is 1.95. The van der Waals surface area contributed by atoms with Gasteiger partial charge < -0.3 is 10.1 Å². The summed E-state index contributed by atoms with van der Waals surface area (Å²) in [6.07, 6.45) is 1.72. The highest BCUT2D eigenvalue weighted by atomic mass is 16.3. The van der Waals surface area contributed by atoms with E-state index in [-0.39, 0.29) is 5.56 Å². The first-order chi connectivity index (χ1) is 4.75. The summed E-state index contributed by atoms with van der Waals surface area (Å²) < 4.78 is 0. The van der Waals surface area contributed by atoms with Gasteiger partial charge in [0.25, 0.3) is 5.56 Å². The molecule has 4 nitrogen and oxygen atoms in total. The maximum Gasteiger partial charge on any atom is 0.290 e. The number of aromatic hydroxyl groups is 1. The summed E-state index contributed by atoms with van der Waals surface area (Å²) in [6.45, 7) is 0. The summed E-state index contributed by atoms with van der Waals surface area (Å²) >= 11 is 0. The van der Waals surface area contributed by atoms with Gasteiger partial charge in [0.1, 0.15) is 0 Å². The molecule has 0 saturated heterocycles. The van der Waals surface area contributed by atoms with Crippen LogP contribution in [0.2, 0.25) is 0 Å². The quantitative estimate of drug-likeness (QED) is 0.533. The number of aromatic nitrogens is 1. The van der Waals surface area contributed by atoms with Gasteiger partial charge in [-0.15, -0.1) is 0 Å². The lowest BCUT2D eigenvalue weighted by Gasteiger charge is -1.91. The standard InChI is InChI=1S/C6H5NO3/c8-3-4-1-2-7-6(10)5(4)9/h1-3,9H,(H,7,10). The summed E-state index contributed by atoms with van der Waals surface area (Å²) in [5, 5.41) is 8.82. The van der Waals surface area contributed by atoms with Crippen LogP contribution < -0.4 is 5.56 Å². The van der Waals surface area contributed by atoms with Crippen LogP contribution in [-0.2, 0) is 0 Å². The van der Waals surface area contributed by atoms with Crippen molar-refractivity contribution in [3.63, 3.8) is 0 Å². The molecule has 0 aliphatic heterocycles. The average molecular weight is 139 g/mol. The Morgan fingerprint density at radius 3 is 2.80 bits per heavy atom. The summed E-state index contributed by atoms with van der Waals surface area (Å²) in [5.41, 5.74) is -0.645. The van der Waals surface area contributed by atoms with E-state index >= 15 is 0 Å². The predicted octanol–water partition coefficient (Wildman–Crippen LogP) is -0.107. The van der Waals surface area contributed by atoms with Crippen LogP contribution in [0.5, 0.6) is 5.75 Å². The minimum atomic E-state index is -0.649.